The van der Waals surface area contributed by atoms with E-state index in [1.54, 1.807) is 0 Å². The van der Waals surface area contributed by atoms with Gasteiger partial charge >= 0.3 is 5.91 Å². The fourth-order valence-electron chi connectivity index (χ4n) is 1.59. The largest absolute Gasteiger partial charge is 0.307 e. The van der Waals surface area contributed by atoms with Gasteiger partial charge in [-0.15, -0.1) is 0 Å². The molecule has 0 aromatic carbocycles. The molecule has 0 aromatic heterocycles. The summed E-state index contributed by atoms with van der Waals surface area (Å²) < 4.78 is 0. The Labute approximate surface area is 84.0 Å². The van der Waals surface area contributed by atoms with Crippen LogP contribution < -0.4 is 5.43 Å². The zero-order valence-corrected chi connectivity index (χ0v) is 8.91. The summed E-state index contributed by atoms with van der Waals surface area (Å²) in [7, 11) is 0. The van der Waals surface area contributed by atoms with Crippen molar-refractivity contribution in [1.29, 1.82) is 0 Å². The van der Waals surface area contributed by atoms with Crippen molar-refractivity contribution in [1.82, 2.24) is 15.3 Å². The lowest BCUT2D eigenvalue weighted by molar-refractivity contribution is -0.141. The van der Waals surface area contributed by atoms with E-state index in [0.717, 1.165) is 13.1 Å². The highest BCUT2D eigenvalue weighted by Crippen LogP contribution is 2.07. The first-order valence-electron chi connectivity index (χ1n) is 5.01. The molecule has 0 aromatic rings. The molecule has 1 rings (SSSR count). The third-order valence-electron chi connectivity index (χ3n) is 2.48. The van der Waals surface area contributed by atoms with E-state index in [4.69, 9.17) is 0 Å². The highest BCUT2D eigenvalue weighted by Gasteiger charge is 2.40. The Morgan fingerprint density at radius 3 is 2.21 bits per heavy atom. The number of ketones is 1. The molecule has 1 atom stereocenters. The lowest BCUT2D eigenvalue weighted by Crippen LogP contribution is -2.48. The predicted octanol–water partition coefficient (Wildman–Crippen LogP) is -0.410. The molecule has 5 heteroatoms. The summed E-state index contributed by atoms with van der Waals surface area (Å²) in [5.74, 6) is -0.778. The van der Waals surface area contributed by atoms with Crippen LogP contribution in [0.4, 0.5) is 0 Å². The SMILES string of the molecule is CCN1NC(N(CC)CC)C(=O)C1=O. The second kappa shape index (κ2) is 4.52. The number of hydrogen-bond acceptors (Lipinski definition) is 4. The van der Waals surface area contributed by atoms with Crippen molar-refractivity contribution >= 4 is 11.7 Å². The third-order valence-corrected chi connectivity index (χ3v) is 2.48. The lowest BCUT2D eigenvalue weighted by atomic mass is 10.3. The van der Waals surface area contributed by atoms with Gasteiger partial charge in [-0.25, -0.2) is 5.43 Å². The normalized spacial score (nSPS) is 22.6. The topological polar surface area (TPSA) is 52.6 Å². The van der Waals surface area contributed by atoms with E-state index in [2.05, 4.69) is 5.43 Å². The summed E-state index contributed by atoms with van der Waals surface area (Å²) in [4.78, 5) is 24.8. The van der Waals surface area contributed by atoms with Crippen molar-refractivity contribution in [2.24, 2.45) is 0 Å². The fraction of sp³-hybridized carbons (Fsp3) is 0.778. The summed E-state index contributed by atoms with van der Waals surface area (Å²) in [5, 5.41) is 1.37. The van der Waals surface area contributed by atoms with Gasteiger partial charge < -0.3 is 0 Å². The number of nitrogens with zero attached hydrogens (tertiary/aromatic N) is 2. The molecule has 0 aliphatic carbocycles. The number of carbonyl (C=O) groups excluding carboxylic acids is 2. The van der Waals surface area contributed by atoms with Gasteiger partial charge in [-0.05, 0) is 20.0 Å². The van der Waals surface area contributed by atoms with Gasteiger partial charge in [-0.2, -0.15) is 0 Å². The summed E-state index contributed by atoms with van der Waals surface area (Å²) in [5.41, 5.74) is 2.90. The molecule has 1 aliphatic rings. The van der Waals surface area contributed by atoms with E-state index in [9.17, 15) is 9.59 Å². The molecule has 0 spiro atoms. The molecule has 1 saturated heterocycles. The van der Waals surface area contributed by atoms with Gasteiger partial charge in [0.25, 0.3) is 5.78 Å². The maximum absolute atomic E-state index is 11.5. The molecule has 80 valence electrons. The third kappa shape index (κ3) is 1.78. The van der Waals surface area contributed by atoms with Crippen LogP contribution in [0.1, 0.15) is 20.8 Å². The maximum Gasteiger partial charge on any atom is 0.307 e. The van der Waals surface area contributed by atoms with Crippen molar-refractivity contribution in [3.63, 3.8) is 0 Å². The fourth-order valence-corrected chi connectivity index (χ4v) is 1.59. The van der Waals surface area contributed by atoms with Crippen molar-refractivity contribution in [3.8, 4) is 0 Å². The van der Waals surface area contributed by atoms with E-state index >= 15 is 0 Å². The molecule has 1 unspecified atom stereocenters. The molecule has 0 bridgehead atoms. The maximum atomic E-state index is 11.5. The number of Topliss-reactive ketones (excluding diaryl/α,β-unsaturated/α-hetero) is 1. The first kappa shape index (κ1) is 11.1. The van der Waals surface area contributed by atoms with Crippen LogP contribution in [0.5, 0.6) is 0 Å². The smallest absolute Gasteiger partial charge is 0.285 e. The number of rotatable bonds is 4. The Kier molecular flexibility index (Phi) is 3.60. The van der Waals surface area contributed by atoms with Gasteiger partial charge in [0.1, 0.15) is 6.17 Å². The number of carbonyl (C=O) groups is 2. The van der Waals surface area contributed by atoms with Crippen LogP contribution in [0.2, 0.25) is 0 Å². The lowest BCUT2D eigenvalue weighted by Gasteiger charge is -2.24. The zero-order chi connectivity index (χ0) is 10.7. The Morgan fingerprint density at radius 2 is 1.86 bits per heavy atom. The molecule has 1 N–H and O–H groups in total. The monoisotopic (exact) mass is 199 g/mol. The van der Waals surface area contributed by atoms with E-state index in [0.29, 0.717) is 6.54 Å². The number of likely N-dealkylation sites (N-methyl/N-ethyl adjacent to an activating group) is 2. The molecule has 14 heavy (non-hydrogen) atoms. The molecule has 1 aliphatic heterocycles. The quantitative estimate of drug-likeness (QED) is 0.625. The Bertz CT molecular complexity index is 238. The first-order valence-corrected chi connectivity index (χ1v) is 5.01. The molecule has 1 amide bonds. The van der Waals surface area contributed by atoms with Crippen LogP contribution in [0.25, 0.3) is 0 Å². The van der Waals surface area contributed by atoms with Gasteiger partial charge in [0.15, 0.2) is 0 Å². The van der Waals surface area contributed by atoms with Crippen LogP contribution in [-0.2, 0) is 9.59 Å². The minimum Gasteiger partial charge on any atom is -0.285 e. The molecular weight excluding hydrogens is 182 g/mol. The highest BCUT2D eigenvalue weighted by atomic mass is 16.2. The van der Waals surface area contributed by atoms with Crippen LogP contribution in [0.15, 0.2) is 0 Å². The van der Waals surface area contributed by atoms with E-state index in [1.807, 2.05) is 25.7 Å². The highest BCUT2D eigenvalue weighted by molar-refractivity contribution is 6.39. The van der Waals surface area contributed by atoms with Crippen molar-refractivity contribution in [2.75, 3.05) is 19.6 Å². The van der Waals surface area contributed by atoms with E-state index < -0.39 is 12.1 Å². The van der Waals surface area contributed by atoms with Crippen molar-refractivity contribution in [2.45, 2.75) is 26.9 Å². The average molecular weight is 199 g/mol. The van der Waals surface area contributed by atoms with Crippen LogP contribution in [-0.4, -0.2) is 47.4 Å². The van der Waals surface area contributed by atoms with Crippen LogP contribution in [0.3, 0.4) is 0 Å². The number of nitrogens with one attached hydrogen (secondary N) is 1. The standard InChI is InChI=1S/C9H17N3O2/c1-4-11(5-2)8-7(13)9(14)12(6-3)10-8/h8,10H,4-6H2,1-3H3. The van der Waals surface area contributed by atoms with Crippen LogP contribution >= 0.6 is 0 Å². The Balaban J connectivity index is 2.73. The molecule has 0 saturated carbocycles. The van der Waals surface area contributed by atoms with Gasteiger partial charge in [-0.3, -0.25) is 19.5 Å². The minimum atomic E-state index is -0.461. The number of hydrogen-bond donors (Lipinski definition) is 1. The molecular formula is C9H17N3O2. The second-order valence-electron chi connectivity index (χ2n) is 3.17. The Morgan fingerprint density at radius 1 is 1.29 bits per heavy atom. The van der Waals surface area contributed by atoms with Gasteiger partial charge in [0.2, 0.25) is 0 Å². The predicted molar refractivity (Wildman–Crippen MR) is 52.2 cm³/mol. The number of hydrazine groups is 1. The minimum absolute atomic E-state index is 0.351. The number of amides is 1. The summed E-state index contributed by atoms with van der Waals surface area (Å²) in [6.07, 6.45) is -0.461. The van der Waals surface area contributed by atoms with Crippen molar-refractivity contribution < 1.29 is 9.59 Å². The Hall–Kier alpha value is -0.940. The van der Waals surface area contributed by atoms with E-state index in [-0.39, 0.29) is 5.78 Å². The van der Waals surface area contributed by atoms with Gasteiger partial charge in [0.05, 0.1) is 0 Å². The van der Waals surface area contributed by atoms with Gasteiger partial charge in [-0.1, -0.05) is 13.8 Å². The summed E-state index contributed by atoms with van der Waals surface area (Å²) in [6.45, 7) is 7.80. The molecule has 5 nitrogen and oxygen atoms in total. The molecule has 1 fully saturated rings. The summed E-state index contributed by atoms with van der Waals surface area (Å²) in [6, 6.07) is 0. The summed E-state index contributed by atoms with van der Waals surface area (Å²) >= 11 is 0. The molecule has 0 radical (unpaired) electrons. The van der Waals surface area contributed by atoms with Gasteiger partial charge in [0, 0.05) is 6.54 Å². The van der Waals surface area contributed by atoms with Crippen LogP contribution in [0, 0.1) is 0 Å². The zero-order valence-electron chi connectivity index (χ0n) is 8.91. The molecule has 1 heterocycles. The van der Waals surface area contributed by atoms with Crippen molar-refractivity contribution in [3.05, 3.63) is 0 Å². The van der Waals surface area contributed by atoms with E-state index in [1.165, 1.54) is 5.01 Å². The average Bonchev–Trinajstić information content (AvgIpc) is 2.48. The second-order valence-corrected chi connectivity index (χ2v) is 3.17. The first-order chi connectivity index (χ1) is 6.65.